The second-order valence-corrected chi connectivity index (χ2v) is 3.44. The van der Waals surface area contributed by atoms with Crippen LogP contribution >= 0.6 is 0 Å². The van der Waals surface area contributed by atoms with E-state index < -0.39 is 0 Å². The van der Waals surface area contributed by atoms with Crippen molar-refractivity contribution >= 4 is 0 Å². The van der Waals surface area contributed by atoms with E-state index >= 15 is 0 Å². The minimum Gasteiger partial charge on any atom is -0.237 e. The van der Waals surface area contributed by atoms with Gasteiger partial charge in [-0.3, -0.25) is 0 Å². The van der Waals surface area contributed by atoms with Crippen molar-refractivity contribution in [2.75, 3.05) is 0 Å². The van der Waals surface area contributed by atoms with Crippen molar-refractivity contribution in [2.24, 2.45) is 0 Å². The van der Waals surface area contributed by atoms with E-state index in [0.29, 0.717) is 5.82 Å². The second kappa shape index (κ2) is 6.39. The van der Waals surface area contributed by atoms with Gasteiger partial charge < -0.3 is 0 Å². The van der Waals surface area contributed by atoms with E-state index in [0.717, 1.165) is 11.3 Å². The molecule has 2 aromatic heterocycles. The maximum Gasteiger partial charge on any atom is 0.159 e. The quantitative estimate of drug-likeness (QED) is 0.704. The highest BCUT2D eigenvalue weighted by molar-refractivity contribution is 5.58. The third-order valence-electron chi connectivity index (χ3n) is 2.32. The lowest BCUT2D eigenvalue weighted by atomic mass is 10.2. The molecular formula is C14H15N5. The molecule has 0 aliphatic rings. The van der Waals surface area contributed by atoms with Gasteiger partial charge in [0.1, 0.15) is 0 Å². The van der Waals surface area contributed by atoms with Gasteiger partial charge in [0.15, 0.2) is 5.82 Å². The summed E-state index contributed by atoms with van der Waals surface area (Å²) in [4.78, 5) is 9.98. The number of hydrogen-bond donors (Lipinski definition) is 0. The Hall–Kier alpha value is -2.56. The summed E-state index contributed by atoms with van der Waals surface area (Å²) < 4.78 is 0. The summed E-state index contributed by atoms with van der Waals surface area (Å²) in [7, 11) is 0. The highest BCUT2D eigenvalue weighted by atomic mass is 15.5. The molecule has 0 saturated heterocycles. The molecule has 0 N–H and O–H groups in total. The average Bonchev–Trinajstić information content (AvgIpc) is 3.05. The highest BCUT2D eigenvalue weighted by Crippen LogP contribution is 2.16. The van der Waals surface area contributed by atoms with E-state index in [1.165, 1.54) is 0 Å². The van der Waals surface area contributed by atoms with Crippen molar-refractivity contribution < 1.29 is 0 Å². The van der Waals surface area contributed by atoms with Crippen LogP contribution in [0.5, 0.6) is 0 Å². The fourth-order valence-corrected chi connectivity index (χ4v) is 1.57. The monoisotopic (exact) mass is 253 g/mol. The van der Waals surface area contributed by atoms with Crippen LogP contribution in [0.15, 0.2) is 55.1 Å². The molecule has 0 saturated carbocycles. The van der Waals surface area contributed by atoms with E-state index in [-0.39, 0.29) is 0 Å². The minimum atomic E-state index is 0.696. The van der Waals surface area contributed by atoms with E-state index in [9.17, 15) is 0 Å². The molecule has 0 amide bonds. The van der Waals surface area contributed by atoms with Crippen LogP contribution in [0.4, 0.5) is 0 Å². The van der Waals surface area contributed by atoms with Crippen molar-refractivity contribution in [2.45, 2.75) is 13.8 Å². The normalized spacial score (nSPS) is 9.58. The maximum absolute atomic E-state index is 4.21. The summed E-state index contributed by atoms with van der Waals surface area (Å²) in [5.41, 5.74) is 1.83. The van der Waals surface area contributed by atoms with Crippen LogP contribution in [-0.4, -0.2) is 25.0 Å². The fourth-order valence-electron chi connectivity index (χ4n) is 1.57. The third kappa shape index (κ3) is 3.01. The zero-order chi connectivity index (χ0) is 13.5. The lowest BCUT2D eigenvalue weighted by Gasteiger charge is -2.02. The van der Waals surface area contributed by atoms with Crippen LogP contribution in [0.25, 0.3) is 17.1 Å². The van der Waals surface area contributed by atoms with Gasteiger partial charge in [-0.05, 0) is 18.2 Å². The Morgan fingerprint density at radius 2 is 1.53 bits per heavy atom. The number of aromatic nitrogens is 5. The minimum absolute atomic E-state index is 0.696. The van der Waals surface area contributed by atoms with Gasteiger partial charge in [0.05, 0.1) is 18.1 Å². The molecule has 2 heterocycles. The summed E-state index contributed by atoms with van der Waals surface area (Å²) in [6.45, 7) is 4.00. The van der Waals surface area contributed by atoms with Crippen LogP contribution in [0.3, 0.4) is 0 Å². The molecule has 5 nitrogen and oxygen atoms in total. The van der Waals surface area contributed by atoms with Gasteiger partial charge in [-0.2, -0.15) is 15.0 Å². The van der Waals surface area contributed by atoms with Gasteiger partial charge in [-0.15, -0.1) is 0 Å². The average molecular weight is 253 g/mol. The molecule has 0 radical (unpaired) electrons. The van der Waals surface area contributed by atoms with Gasteiger partial charge in [-0.1, -0.05) is 26.0 Å². The van der Waals surface area contributed by atoms with Gasteiger partial charge in [0, 0.05) is 18.0 Å². The molecular weight excluding hydrogens is 238 g/mol. The summed E-state index contributed by atoms with van der Waals surface area (Å²) >= 11 is 0. The lowest BCUT2D eigenvalue weighted by molar-refractivity contribution is 0.752. The first-order chi connectivity index (χ1) is 9.43. The molecule has 96 valence electrons. The molecule has 1 aromatic carbocycles. The molecule has 5 heteroatoms. The Labute approximate surface area is 112 Å². The maximum atomic E-state index is 4.21. The first-order valence-corrected chi connectivity index (χ1v) is 6.17. The first kappa shape index (κ1) is 12.9. The van der Waals surface area contributed by atoms with Crippen LogP contribution in [0.2, 0.25) is 0 Å². The molecule has 0 bridgehead atoms. The van der Waals surface area contributed by atoms with Gasteiger partial charge >= 0.3 is 0 Å². The summed E-state index contributed by atoms with van der Waals surface area (Å²) in [5, 5.41) is 8.17. The van der Waals surface area contributed by atoms with Gasteiger partial charge in [0.25, 0.3) is 0 Å². The van der Waals surface area contributed by atoms with Crippen LogP contribution in [0, 0.1) is 0 Å². The van der Waals surface area contributed by atoms with Crippen LogP contribution in [-0.2, 0) is 0 Å². The smallest absolute Gasteiger partial charge is 0.159 e. The van der Waals surface area contributed by atoms with Crippen LogP contribution in [0.1, 0.15) is 13.8 Å². The molecule has 0 atom stereocenters. The number of rotatable bonds is 2. The molecule has 0 aliphatic heterocycles. The van der Waals surface area contributed by atoms with Crippen molar-refractivity contribution in [3.63, 3.8) is 0 Å². The highest BCUT2D eigenvalue weighted by Gasteiger charge is 2.03. The largest absolute Gasteiger partial charge is 0.237 e. The molecule has 0 aliphatic carbocycles. The predicted octanol–water partition coefficient (Wildman–Crippen LogP) is 2.75. The summed E-state index contributed by atoms with van der Waals surface area (Å²) in [6, 6.07) is 9.58. The Morgan fingerprint density at radius 1 is 0.842 bits per heavy atom. The van der Waals surface area contributed by atoms with Crippen molar-refractivity contribution in [3.05, 3.63) is 55.1 Å². The topological polar surface area (TPSA) is 56.5 Å². The fraction of sp³-hybridized carbons (Fsp3) is 0.143. The molecule has 0 fully saturated rings. The van der Waals surface area contributed by atoms with Crippen molar-refractivity contribution in [1.82, 2.24) is 25.0 Å². The summed E-state index contributed by atoms with van der Waals surface area (Å²) in [6.07, 6.45) is 6.74. The van der Waals surface area contributed by atoms with E-state index in [1.54, 1.807) is 35.7 Å². The number of benzene rings is 1. The number of hydrogen-bond acceptors (Lipinski definition) is 4. The van der Waals surface area contributed by atoms with Gasteiger partial charge in [0.2, 0.25) is 0 Å². The predicted molar refractivity (Wildman–Crippen MR) is 73.7 cm³/mol. The van der Waals surface area contributed by atoms with Crippen LogP contribution < -0.4 is 0 Å². The van der Waals surface area contributed by atoms with E-state index in [4.69, 9.17) is 0 Å². The number of nitrogens with zero attached hydrogens (tertiary/aromatic N) is 5. The van der Waals surface area contributed by atoms with Gasteiger partial charge in [-0.25, -0.2) is 9.97 Å². The molecule has 0 unspecified atom stereocenters. The Morgan fingerprint density at radius 3 is 2.21 bits per heavy atom. The van der Waals surface area contributed by atoms with E-state index in [2.05, 4.69) is 20.2 Å². The Balaban J connectivity index is 0.000000637. The first-order valence-electron chi connectivity index (χ1n) is 6.17. The SMILES string of the molecule is CC.c1cnc(-c2cccc(-n3nccn3)c2)nc1. The molecule has 3 aromatic rings. The molecule has 3 rings (SSSR count). The Kier molecular flexibility index (Phi) is 4.34. The third-order valence-corrected chi connectivity index (χ3v) is 2.32. The lowest BCUT2D eigenvalue weighted by Crippen LogP contribution is -1.98. The van der Waals surface area contributed by atoms with Crippen molar-refractivity contribution in [1.29, 1.82) is 0 Å². The Bertz CT molecular complexity index is 605. The second-order valence-electron chi connectivity index (χ2n) is 3.44. The summed E-state index contributed by atoms with van der Waals surface area (Å²) in [5.74, 6) is 0.696. The molecule has 0 spiro atoms. The van der Waals surface area contributed by atoms with E-state index in [1.807, 2.05) is 38.1 Å². The standard InChI is InChI=1S/C12H9N5.C2H6/c1-3-10(12-13-5-2-6-14-12)9-11(4-1)17-15-7-8-16-17;1-2/h1-9H;1-2H3. The van der Waals surface area contributed by atoms with Crippen molar-refractivity contribution in [3.8, 4) is 17.1 Å². The zero-order valence-electron chi connectivity index (χ0n) is 10.9. The molecule has 19 heavy (non-hydrogen) atoms. The zero-order valence-corrected chi connectivity index (χ0v) is 10.9.